The van der Waals surface area contributed by atoms with Crippen LogP contribution in [0.5, 0.6) is 5.75 Å². The predicted octanol–water partition coefficient (Wildman–Crippen LogP) is 5.08. The minimum Gasteiger partial charge on any atom is -0.494 e. The number of allylic oxidation sites excluding steroid dienone is 1. The first-order valence-electron chi connectivity index (χ1n) is 6.91. The Morgan fingerprint density at radius 2 is 1.89 bits per heavy atom. The molecule has 0 heterocycles. The number of benzene rings is 1. The van der Waals surface area contributed by atoms with Gasteiger partial charge in [-0.3, -0.25) is 0 Å². The van der Waals surface area contributed by atoms with Crippen LogP contribution in [0.15, 0.2) is 18.7 Å². The van der Waals surface area contributed by atoms with Crippen molar-refractivity contribution in [3.63, 3.8) is 0 Å². The molecular formula is C17H26O. The Hall–Kier alpha value is -1.24. The van der Waals surface area contributed by atoms with Gasteiger partial charge in [0.15, 0.2) is 0 Å². The third kappa shape index (κ3) is 2.95. The van der Waals surface area contributed by atoms with Crippen molar-refractivity contribution in [3.8, 4) is 5.75 Å². The Bertz CT molecular complexity index is 418. The van der Waals surface area contributed by atoms with E-state index in [-0.39, 0.29) is 0 Å². The summed E-state index contributed by atoms with van der Waals surface area (Å²) in [6.07, 6.45) is 4.23. The Morgan fingerprint density at radius 1 is 1.22 bits per heavy atom. The number of rotatable bonds is 6. The third-order valence-corrected chi connectivity index (χ3v) is 3.76. The first kappa shape index (κ1) is 14.8. The molecule has 0 bridgehead atoms. The van der Waals surface area contributed by atoms with Crippen molar-refractivity contribution >= 4 is 0 Å². The molecular weight excluding hydrogens is 220 g/mol. The summed E-state index contributed by atoms with van der Waals surface area (Å²) in [5.74, 6) is 1.61. The zero-order valence-electron chi connectivity index (χ0n) is 12.5. The molecule has 1 rings (SSSR count). The average Bonchev–Trinajstić information content (AvgIpc) is 2.35. The van der Waals surface area contributed by atoms with Crippen LogP contribution in [-0.4, -0.2) is 6.61 Å². The van der Waals surface area contributed by atoms with Crippen LogP contribution in [0.3, 0.4) is 0 Å². The van der Waals surface area contributed by atoms with Crippen molar-refractivity contribution < 1.29 is 4.74 Å². The van der Waals surface area contributed by atoms with Crippen LogP contribution >= 0.6 is 0 Å². The Labute approximate surface area is 112 Å². The normalized spacial score (nSPS) is 12.3. The lowest BCUT2D eigenvalue weighted by Gasteiger charge is -2.22. The number of hydrogen-bond acceptors (Lipinski definition) is 1. The fraction of sp³-hybridized carbons (Fsp3) is 0.529. The highest BCUT2D eigenvalue weighted by Crippen LogP contribution is 2.35. The van der Waals surface area contributed by atoms with Crippen LogP contribution in [0.25, 0.3) is 0 Å². The van der Waals surface area contributed by atoms with E-state index in [1.165, 1.54) is 22.3 Å². The van der Waals surface area contributed by atoms with Gasteiger partial charge in [0.2, 0.25) is 0 Å². The van der Waals surface area contributed by atoms with Gasteiger partial charge in [0.05, 0.1) is 6.61 Å². The Kier molecular flexibility index (Phi) is 5.46. The number of ether oxygens (including phenoxy) is 1. The molecule has 0 amide bonds. The second-order valence-corrected chi connectivity index (χ2v) is 4.92. The molecule has 0 spiro atoms. The van der Waals surface area contributed by atoms with E-state index in [0.717, 1.165) is 25.2 Å². The van der Waals surface area contributed by atoms with E-state index >= 15 is 0 Å². The van der Waals surface area contributed by atoms with Crippen LogP contribution in [0, 0.1) is 20.8 Å². The van der Waals surface area contributed by atoms with Crippen molar-refractivity contribution in [2.24, 2.45) is 0 Å². The molecule has 18 heavy (non-hydrogen) atoms. The summed E-state index contributed by atoms with van der Waals surface area (Å²) in [6, 6.07) is 2.19. The van der Waals surface area contributed by atoms with Gasteiger partial charge in [0.1, 0.15) is 5.75 Å². The molecule has 1 heteroatoms. The molecule has 0 aromatic heterocycles. The SMILES string of the molecule is C=CCC(CC)c1c(C)cc(OCC)c(C)c1C. The van der Waals surface area contributed by atoms with Gasteiger partial charge in [-0.05, 0) is 74.8 Å². The highest BCUT2D eigenvalue weighted by Gasteiger charge is 2.17. The van der Waals surface area contributed by atoms with Crippen molar-refractivity contribution in [2.45, 2.75) is 53.4 Å². The predicted molar refractivity (Wildman–Crippen MR) is 79.7 cm³/mol. The van der Waals surface area contributed by atoms with E-state index in [1.54, 1.807) is 0 Å². The topological polar surface area (TPSA) is 9.23 Å². The van der Waals surface area contributed by atoms with Crippen molar-refractivity contribution in [1.82, 2.24) is 0 Å². The maximum Gasteiger partial charge on any atom is 0.122 e. The summed E-state index contributed by atoms with van der Waals surface area (Å²) in [4.78, 5) is 0. The highest BCUT2D eigenvalue weighted by molar-refractivity contribution is 5.49. The highest BCUT2D eigenvalue weighted by atomic mass is 16.5. The fourth-order valence-electron chi connectivity index (χ4n) is 2.69. The van der Waals surface area contributed by atoms with Gasteiger partial charge in [-0.1, -0.05) is 13.0 Å². The van der Waals surface area contributed by atoms with Crippen molar-refractivity contribution in [1.29, 1.82) is 0 Å². The molecule has 0 N–H and O–H groups in total. The molecule has 1 nitrogen and oxygen atoms in total. The first-order valence-corrected chi connectivity index (χ1v) is 6.91. The molecule has 0 saturated carbocycles. The molecule has 1 unspecified atom stereocenters. The second-order valence-electron chi connectivity index (χ2n) is 4.92. The molecule has 1 aromatic carbocycles. The molecule has 0 aliphatic heterocycles. The molecule has 100 valence electrons. The summed E-state index contributed by atoms with van der Waals surface area (Å²) in [5.41, 5.74) is 5.49. The third-order valence-electron chi connectivity index (χ3n) is 3.76. The maximum absolute atomic E-state index is 5.71. The minimum atomic E-state index is 0.580. The Balaban J connectivity index is 3.28. The molecule has 0 fully saturated rings. The van der Waals surface area contributed by atoms with E-state index in [2.05, 4.69) is 40.3 Å². The van der Waals surface area contributed by atoms with Gasteiger partial charge < -0.3 is 4.74 Å². The van der Waals surface area contributed by atoms with E-state index in [1.807, 2.05) is 13.0 Å². The van der Waals surface area contributed by atoms with Gasteiger partial charge in [0, 0.05) is 0 Å². The number of aryl methyl sites for hydroxylation is 1. The zero-order chi connectivity index (χ0) is 13.7. The van der Waals surface area contributed by atoms with Gasteiger partial charge in [-0.2, -0.15) is 0 Å². The molecule has 0 aliphatic rings. The quantitative estimate of drug-likeness (QED) is 0.636. The molecule has 0 aliphatic carbocycles. The van der Waals surface area contributed by atoms with E-state index < -0.39 is 0 Å². The molecule has 0 saturated heterocycles. The maximum atomic E-state index is 5.71. The first-order chi connectivity index (χ1) is 8.56. The molecule has 1 atom stereocenters. The Morgan fingerprint density at radius 3 is 2.39 bits per heavy atom. The van der Waals surface area contributed by atoms with Crippen LogP contribution in [0.4, 0.5) is 0 Å². The minimum absolute atomic E-state index is 0.580. The summed E-state index contributed by atoms with van der Waals surface area (Å²) in [6.45, 7) is 15.4. The lowest BCUT2D eigenvalue weighted by Crippen LogP contribution is -2.06. The van der Waals surface area contributed by atoms with E-state index in [4.69, 9.17) is 4.74 Å². The zero-order valence-corrected chi connectivity index (χ0v) is 12.5. The summed E-state index contributed by atoms with van der Waals surface area (Å²) < 4.78 is 5.71. The van der Waals surface area contributed by atoms with E-state index in [0.29, 0.717) is 5.92 Å². The summed E-state index contributed by atoms with van der Waals surface area (Å²) >= 11 is 0. The van der Waals surface area contributed by atoms with Gasteiger partial charge in [-0.15, -0.1) is 6.58 Å². The van der Waals surface area contributed by atoms with E-state index in [9.17, 15) is 0 Å². The van der Waals surface area contributed by atoms with Crippen LogP contribution < -0.4 is 4.74 Å². The number of hydrogen-bond donors (Lipinski definition) is 0. The molecule has 1 aromatic rings. The molecule has 0 radical (unpaired) electrons. The second kappa shape index (κ2) is 6.63. The van der Waals surface area contributed by atoms with Crippen LogP contribution in [-0.2, 0) is 0 Å². The van der Waals surface area contributed by atoms with Crippen molar-refractivity contribution in [2.75, 3.05) is 6.61 Å². The fourth-order valence-corrected chi connectivity index (χ4v) is 2.69. The lowest BCUT2D eigenvalue weighted by atomic mass is 9.84. The monoisotopic (exact) mass is 246 g/mol. The summed E-state index contributed by atoms with van der Waals surface area (Å²) in [5, 5.41) is 0. The standard InChI is InChI=1S/C17H26O/c1-7-10-15(8-2)17-12(4)11-16(18-9-3)13(5)14(17)6/h7,11,15H,1,8-10H2,2-6H3. The van der Waals surface area contributed by atoms with Crippen LogP contribution in [0.1, 0.15) is 54.9 Å². The largest absolute Gasteiger partial charge is 0.494 e. The van der Waals surface area contributed by atoms with Gasteiger partial charge in [-0.25, -0.2) is 0 Å². The summed E-state index contributed by atoms with van der Waals surface area (Å²) in [7, 11) is 0. The van der Waals surface area contributed by atoms with Crippen LogP contribution in [0.2, 0.25) is 0 Å². The lowest BCUT2D eigenvalue weighted by molar-refractivity contribution is 0.337. The van der Waals surface area contributed by atoms with Gasteiger partial charge >= 0.3 is 0 Å². The van der Waals surface area contributed by atoms with Crippen molar-refractivity contribution in [3.05, 3.63) is 41.0 Å². The van der Waals surface area contributed by atoms with Gasteiger partial charge in [0.25, 0.3) is 0 Å². The average molecular weight is 246 g/mol. The smallest absolute Gasteiger partial charge is 0.122 e.